The molecule has 9 nitrogen and oxygen atoms in total. The van der Waals surface area contributed by atoms with Crippen molar-refractivity contribution in [1.29, 1.82) is 0 Å². The van der Waals surface area contributed by atoms with Gasteiger partial charge in [-0.05, 0) is 49.0 Å². The van der Waals surface area contributed by atoms with Gasteiger partial charge in [0.25, 0.3) is 11.8 Å². The van der Waals surface area contributed by atoms with E-state index >= 15 is 0 Å². The highest BCUT2D eigenvalue weighted by atomic mass is 32.1. The Balaban J connectivity index is 2.03. The summed E-state index contributed by atoms with van der Waals surface area (Å²) in [7, 11) is 6.02. The third kappa shape index (κ3) is 6.82. The maximum atomic E-state index is 12.7. The van der Waals surface area contributed by atoms with Gasteiger partial charge >= 0.3 is 0 Å². The Morgan fingerprint density at radius 2 is 1.59 bits per heavy atom. The van der Waals surface area contributed by atoms with Crippen LogP contribution in [0.3, 0.4) is 0 Å². The fraction of sp³-hybridized carbons (Fsp3) is 0.318. The van der Waals surface area contributed by atoms with Gasteiger partial charge in [0.2, 0.25) is 5.75 Å². The molecule has 0 bridgehead atoms. The molecule has 172 valence electrons. The molecule has 0 saturated heterocycles. The number of ether oxygens (including phenoxy) is 4. The zero-order valence-electron chi connectivity index (χ0n) is 18.4. The first kappa shape index (κ1) is 24.9. The Bertz CT molecular complexity index is 941. The Morgan fingerprint density at radius 1 is 0.906 bits per heavy atom. The van der Waals surface area contributed by atoms with E-state index in [1.54, 1.807) is 31.4 Å². The zero-order chi connectivity index (χ0) is 23.5. The molecule has 0 atom stereocenters. The van der Waals surface area contributed by atoms with E-state index in [1.807, 2.05) is 0 Å². The van der Waals surface area contributed by atoms with Gasteiger partial charge in [0.1, 0.15) is 0 Å². The molecule has 0 fully saturated rings. The second-order valence-electron chi connectivity index (χ2n) is 6.51. The second-order valence-corrected chi connectivity index (χ2v) is 6.91. The van der Waals surface area contributed by atoms with E-state index in [-0.39, 0.29) is 16.6 Å². The van der Waals surface area contributed by atoms with E-state index in [1.165, 1.54) is 33.5 Å². The average Bonchev–Trinajstić information content (AvgIpc) is 2.80. The lowest BCUT2D eigenvalue weighted by atomic mass is 10.1. The molecule has 2 aromatic carbocycles. The van der Waals surface area contributed by atoms with Gasteiger partial charge in [-0.2, -0.15) is 0 Å². The summed E-state index contributed by atoms with van der Waals surface area (Å²) in [6.07, 6.45) is 0.719. The largest absolute Gasteiger partial charge is 0.493 e. The number of thiocarbonyl (C=S) groups is 1. The minimum absolute atomic E-state index is 0.0707. The van der Waals surface area contributed by atoms with Gasteiger partial charge in [-0.3, -0.25) is 14.9 Å². The Morgan fingerprint density at radius 3 is 2.19 bits per heavy atom. The Labute approximate surface area is 192 Å². The predicted molar refractivity (Wildman–Crippen MR) is 125 cm³/mol. The first-order valence-electron chi connectivity index (χ1n) is 9.73. The summed E-state index contributed by atoms with van der Waals surface area (Å²) < 4.78 is 20.8. The van der Waals surface area contributed by atoms with E-state index in [0.717, 1.165) is 6.42 Å². The number of anilines is 1. The van der Waals surface area contributed by atoms with Crippen molar-refractivity contribution in [3.63, 3.8) is 0 Å². The molecule has 2 aromatic rings. The molecule has 10 heteroatoms. The van der Waals surface area contributed by atoms with Crippen molar-refractivity contribution in [2.75, 3.05) is 46.9 Å². The molecule has 0 aliphatic carbocycles. The molecule has 0 saturated carbocycles. The molecule has 0 aliphatic rings. The van der Waals surface area contributed by atoms with E-state index in [9.17, 15) is 9.59 Å². The zero-order valence-corrected chi connectivity index (χ0v) is 19.3. The van der Waals surface area contributed by atoms with Crippen LogP contribution in [0.25, 0.3) is 0 Å². The maximum absolute atomic E-state index is 12.7. The predicted octanol–water partition coefficient (Wildman–Crippen LogP) is 2.61. The van der Waals surface area contributed by atoms with Crippen LogP contribution in [-0.2, 0) is 4.74 Å². The van der Waals surface area contributed by atoms with Gasteiger partial charge < -0.3 is 29.6 Å². The van der Waals surface area contributed by atoms with Crippen LogP contribution in [0.5, 0.6) is 17.2 Å². The number of methoxy groups -OCH3 is 4. The normalized spacial score (nSPS) is 10.1. The molecular weight excluding hydrogens is 434 g/mol. The average molecular weight is 462 g/mol. The van der Waals surface area contributed by atoms with Crippen LogP contribution >= 0.6 is 12.2 Å². The fourth-order valence-corrected chi connectivity index (χ4v) is 3.02. The molecular formula is C22H27N3O6S. The van der Waals surface area contributed by atoms with Crippen LogP contribution in [0, 0.1) is 0 Å². The number of carbonyl (C=O) groups is 2. The van der Waals surface area contributed by atoms with Gasteiger partial charge in [-0.1, -0.05) is 6.07 Å². The summed E-state index contributed by atoms with van der Waals surface area (Å²) in [5, 5.41) is 8.39. The lowest BCUT2D eigenvalue weighted by Crippen LogP contribution is -2.34. The monoisotopic (exact) mass is 461 g/mol. The minimum Gasteiger partial charge on any atom is -0.493 e. The topological polar surface area (TPSA) is 107 Å². The van der Waals surface area contributed by atoms with Gasteiger partial charge in [-0.25, -0.2) is 0 Å². The molecule has 2 amide bonds. The molecule has 32 heavy (non-hydrogen) atoms. The van der Waals surface area contributed by atoms with Crippen LogP contribution in [0.15, 0.2) is 36.4 Å². The van der Waals surface area contributed by atoms with Crippen molar-refractivity contribution in [2.45, 2.75) is 6.42 Å². The standard InChI is InChI=1S/C22H27N3O6S/c1-28-10-6-9-23-20(26)14-7-5-8-16(11-14)24-22(32)25-21(27)15-12-17(29-2)19(31-4)18(13-15)30-3/h5,7-8,11-13H,6,9-10H2,1-4H3,(H,23,26)(H2,24,25,27,32). The summed E-state index contributed by atoms with van der Waals surface area (Å²) in [5.41, 5.74) is 1.30. The molecule has 0 aliphatic heterocycles. The van der Waals surface area contributed by atoms with Gasteiger partial charge in [0, 0.05) is 37.1 Å². The van der Waals surface area contributed by atoms with Crippen LogP contribution in [-0.4, -0.2) is 58.5 Å². The number of benzene rings is 2. The van der Waals surface area contributed by atoms with E-state index in [0.29, 0.717) is 41.7 Å². The summed E-state index contributed by atoms with van der Waals surface area (Å²) in [4.78, 5) is 24.9. The third-order valence-electron chi connectivity index (χ3n) is 4.35. The van der Waals surface area contributed by atoms with Gasteiger partial charge in [-0.15, -0.1) is 0 Å². The fourth-order valence-electron chi connectivity index (χ4n) is 2.81. The van der Waals surface area contributed by atoms with Gasteiger partial charge in [0.05, 0.1) is 21.3 Å². The van der Waals surface area contributed by atoms with Crippen molar-refractivity contribution in [3.8, 4) is 17.2 Å². The van der Waals surface area contributed by atoms with E-state index < -0.39 is 5.91 Å². The Hall–Kier alpha value is -3.37. The van der Waals surface area contributed by atoms with E-state index in [2.05, 4.69) is 16.0 Å². The SMILES string of the molecule is COCCCNC(=O)c1cccc(NC(=S)NC(=O)c2cc(OC)c(OC)c(OC)c2)c1. The number of carbonyl (C=O) groups excluding carboxylic acids is 2. The van der Waals surface area contributed by atoms with Crippen molar-refractivity contribution >= 4 is 34.8 Å². The van der Waals surface area contributed by atoms with Crippen LogP contribution in [0.2, 0.25) is 0 Å². The summed E-state index contributed by atoms with van der Waals surface area (Å²) in [5.74, 6) is 0.399. The quantitative estimate of drug-likeness (QED) is 0.366. The third-order valence-corrected chi connectivity index (χ3v) is 4.55. The van der Waals surface area contributed by atoms with Crippen molar-refractivity contribution < 1.29 is 28.5 Å². The van der Waals surface area contributed by atoms with Crippen LogP contribution in [0.1, 0.15) is 27.1 Å². The molecule has 3 N–H and O–H groups in total. The summed E-state index contributed by atoms with van der Waals surface area (Å²) >= 11 is 5.25. The number of hydrogen-bond donors (Lipinski definition) is 3. The molecule has 0 unspecified atom stereocenters. The van der Waals surface area contributed by atoms with Crippen molar-refractivity contribution in [1.82, 2.24) is 10.6 Å². The molecule has 2 rings (SSSR count). The smallest absolute Gasteiger partial charge is 0.257 e. The minimum atomic E-state index is -0.464. The lowest BCUT2D eigenvalue weighted by molar-refractivity contribution is 0.0946. The van der Waals surface area contributed by atoms with Crippen LogP contribution < -0.4 is 30.2 Å². The molecule has 0 heterocycles. The lowest BCUT2D eigenvalue weighted by Gasteiger charge is -2.15. The summed E-state index contributed by atoms with van der Waals surface area (Å²) in [6, 6.07) is 9.83. The first-order chi connectivity index (χ1) is 15.4. The maximum Gasteiger partial charge on any atom is 0.257 e. The van der Waals surface area contributed by atoms with Gasteiger partial charge in [0.15, 0.2) is 16.6 Å². The molecule has 0 spiro atoms. The number of nitrogens with one attached hydrogen (secondary N) is 3. The second kappa shape index (κ2) is 12.5. The number of amides is 2. The molecule has 0 radical (unpaired) electrons. The highest BCUT2D eigenvalue weighted by Crippen LogP contribution is 2.38. The van der Waals surface area contributed by atoms with Crippen molar-refractivity contribution in [2.24, 2.45) is 0 Å². The summed E-state index contributed by atoms with van der Waals surface area (Å²) in [6.45, 7) is 1.08. The van der Waals surface area contributed by atoms with Crippen molar-refractivity contribution in [3.05, 3.63) is 47.5 Å². The highest BCUT2D eigenvalue weighted by Gasteiger charge is 2.18. The number of hydrogen-bond acceptors (Lipinski definition) is 7. The molecule has 0 aromatic heterocycles. The Kier molecular flexibility index (Phi) is 9.71. The van der Waals surface area contributed by atoms with Crippen LogP contribution in [0.4, 0.5) is 5.69 Å². The highest BCUT2D eigenvalue weighted by molar-refractivity contribution is 7.80. The number of rotatable bonds is 10. The first-order valence-corrected chi connectivity index (χ1v) is 10.1. The van der Waals surface area contributed by atoms with E-state index in [4.69, 9.17) is 31.2 Å².